The molecule has 0 aliphatic carbocycles. The summed E-state index contributed by atoms with van der Waals surface area (Å²) in [6, 6.07) is 4.36. The van der Waals surface area contributed by atoms with E-state index in [-0.39, 0.29) is 27.8 Å². The number of benzene rings is 1. The van der Waals surface area contributed by atoms with Crippen LogP contribution in [0.15, 0.2) is 30.5 Å². The molecule has 2 aromatic rings. The predicted octanol–water partition coefficient (Wildman–Crippen LogP) is 3.60. The van der Waals surface area contributed by atoms with Crippen LogP contribution in [0.25, 0.3) is 0 Å². The molecule has 0 saturated heterocycles. The van der Waals surface area contributed by atoms with Crippen LogP contribution in [-0.4, -0.2) is 10.9 Å². The van der Waals surface area contributed by atoms with Crippen LogP contribution in [0.4, 0.5) is 8.78 Å². The van der Waals surface area contributed by atoms with Crippen molar-refractivity contribution in [1.29, 1.82) is 0 Å². The highest BCUT2D eigenvalue weighted by Gasteiger charge is 2.10. The van der Waals surface area contributed by atoms with Crippen molar-refractivity contribution in [3.63, 3.8) is 0 Å². The zero-order valence-electron chi connectivity index (χ0n) is 9.96. The average molecular weight is 317 g/mol. The third kappa shape index (κ3) is 3.43. The minimum Gasteiger partial charge on any atom is -0.348 e. The first kappa shape index (κ1) is 14.7. The lowest BCUT2D eigenvalue weighted by molar-refractivity contribution is 0.0950. The van der Waals surface area contributed by atoms with E-state index >= 15 is 0 Å². The Kier molecular flexibility index (Phi) is 4.52. The number of carbonyl (C=O) groups is 1. The fourth-order valence-electron chi connectivity index (χ4n) is 1.50. The summed E-state index contributed by atoms with van der Waals surface area (Å²) in [5, 5.41) is 2.66. The monoisotopic (exact) mass is 316 g/mol. The molecule has 1 heterocycles. The maximum absolute atomic E-state index is 13.4. The number of hydrogen-bond donors (Lipinski definition) is 1. The van der Waals surface area contributed by atoms with E-state index in [0.29, 0.717) is 0 Å². The maximum atomic E-state index is 13.4. The molecule has 0 spiro atoms. The third-order valence-electron chi connectivity index (χ3n) is 2.51. The van der Waals surface area contributed by atoms with E-state index in [1.165, 1.54) is 12.3 Å². The van der Waals surface area contributed by atoms with Crippen molar-refractivity contribution in [3.05, 3.63) is 63.4 Å². The number of halogens is 4. The van der Waals surface area contributed by atoms with Crippen LogP contribution in [0, 0.1) is 11.6 Å². The highest BCUT2D eigenvalue weighted by molar-refractivity contribution is 6.41. The highest BCUT2D eigenvalue weighted by Crippen LogP contribution is 2.19. The van der Waals surface area contributed by atoms with Crippen LogP contribution in [0.1, 0.15) is 15.9 Å². The topological polar surface area (TPSA) is 42.0 Å². The molecule has 1 aromatic heterocycles. The molecule has 0 fully saturated rings. The molecule has 1 amide bonds. The van der Waals surface area contributed by atoms with Gasteiger partial charge in [-0.2, -0.15) is 0 Å². The number of nitrogens with zero attached hydrogens (tertiary/aromatic N) is 1. The zero-order valence-corrected chi connectivity index (χ0v) is 11.5. The molecule has 0 saturated carbocycles. The van der Waals surface area contributed by atoms with Crippen molar-refractivity contribution in [2.24, 2.45) is 0 Å². The second-order valence-corrected chi connectivity index (χ2v) is 4.68. The summed E-state index contributed by atoms with van der Waals surface area (Å²) in [7, 11) is 0. The fourth-order valence-corrected chi connectivity index (χ4v) is 1.77. The molecular formula is C13H8Cl2F2N2O. The summed E-state index contributed by atoms with van der Waals surface area (Å²) in [5.41, 5.74) is 0.225. The van der Waals surface area contributed by atoms with E-state index in [9.17, 15) is 13.6 Å². The molecule has 7 heteroatoms. The Balaban J connectivity index is 2.08. The summed E-state index contributed by atoms with van der Waals surface area (Å²) in [6.07, 6.45) is 1.24. The van der Waals surface area contributed by atoms with Gasteiger partial charge in [-0.3, -0.25) is 4.79 Å². The minimum absolute atomic E-state index is 0.0476. The molecule has 1 aromatic carbocycles. The number of nitrogens with one attached hydrogen (secondary N) is 1. The second-order valence-electron chi connectivity index (χ2n) is 3.92. The minimum atomic E-state index is -0.598. The Hall–Kier alpha value is -1.72. The number of carbonyl (C=O) groups excluding carboxylic acids is 1. The van der Waals surface area contributed by atoms with Gasteiger partial charge in [-0.1, -0.05) is 23.2 Å². The highest BCUT2D eigenvalue weighted by atomic mass is 35.5. The van der Waals surface area contributed by atoms with Gasteiger partial charge in [0.05, 0.1) is 10.6 Å². The molecule has 2 rings (SSSR count). The van der Waals surface area contributed by atoms with Gasteiger partial charge in [-0.15, -0.1) is 0 Å². The van der Waals surface area contributed by atoms with Crippen LogP contribution in [0.5, 0.6) is 0 Å². The summed E-state index contributed by atoms with van der Waals surface area (Å²) >= 11 is 11.4. The number of rotatable bonds is 3. The van der Waals surface area contributed by atoms with Crippen molar-refractivity contribution in [3.8, 4) is 0 Å². The molecule has 0 aliphatic rings. The lowest BCUT2D eigenvalue weighted by Crippen LogP contribution is -2.23. The summed E-state index contributed by atoms with van der Waals surface area (Å²) in [6.45, 7) is -0.150. The first-order valence-corrected chi connectivity index (χ1v) is 6.26. The zero-order chi connectivity index (χ0) is 14.7. The first-order valence-electron chi connectivity index (χ1n) is 5.50. The molecule has 0 aliphatic heterocycles. The SMILES string of the molecule is O=C(NCc1cc(F)ccc1F)c1cnc(Cl)c(Cl)c1. The average Bonchev–Trinajstić information content (AvgIpc) is 2.42. The molecular weight excluding hydrogens is 309 g/mol. The largest absolute Gasteiger partial charge is 0.348 e. The molecule has 0 radical (unpaired) electrons. The molecule has 0 atom stereocenters. The van der Waals surface area contributed by atoms with Gasteiger partial charge in [-0.05, 0) is 24.3 Å². The van der Waals surface area contributed by atoms with Gasteiger partial charge in [0.1, 0.15) is 16.8 Å². The smallest absolute Gasteiger partial charge is 0.253 e. The first-order chi connectivity index (χ1) is 9.47. The number of pyridine rings is 1. The Morgan fingerprint density at radius 3 is 2.70 bits per heavy atom. The summed E-state index contributed by atoms with van der Waals surface area (Å²) in [5.74, 6) is -1.69. The maximum Gasteiger partial charge on any atom is 0.253 e. The third-order valence-corrected chi connectivity index (χ3v) is 3.19. The summed E-state index contributed by atoms with van der Waals surface area (Å²) < 4.78 is 26.3. The van der Waals surface area contributed by atoms with Gasteiger partial charge in [0, 0.05) is 18.3 Å². The van der Waals surface area contributed by atoms with Crippen molar-refractivity contribution in [1.82, 2.24) is 10.3 Å². The quantitative estimate of drug-likeness (QED) is 0.879. The lowest BCUT2D eigenvalue weighted by Gasteiger charge is -2.07. The van der Waals surface area contributed by atoms with E-state index in [1.54, 1.807) is 0 Å². The van der Waals surface area contributed by atoms with Crippen molar-refractivity contribution in [2.75, 3.05) is 0 Å². The molecule has 20 heavy (non-hydrogen) atoms. The normalized spacial score (nSPS) is 10.4. The molecule has 104 valence electrons. The van der Waals surface area contributed by atoms with Gasteiger partial charge < -0.3 is 5.32 Å². The lowest BCUT2D eigenvalue weighted by atomic mass is 10.2. The molecule has 3 nitrogen and oxygen atoms in total. The van der Waals surface area contributed by atoms with Crippen molar-refractivity contribution < 1.29 is 13.6 Å². The standard InChI is InChI=1S/C13H8Cl2F2N2O/c14-10-4-8(6-18-12(10)15)13(20)19-5-7-3-9(16)1-2-11(7)17/h1-4,6H,5H2,(H,19,20). The van der Waals surface area contributed by atoms with E-state index in [1.807, 2.05) is 0 Å². The molecule has 0 bridgehead atoms. The van der Waals surface area contributed by atoms with Crippen LogP contribution in [0.3, 0.4) is 0 Å². The van der Waals surface area contributed by atoms with Gasteiger partial charge in [0.2, 0.25) is 0 Å². The van der Waals surface area contributed by atoms with Crippen LogP contribution >= 0.6 is 23.2 Å². The van der Waals surface area contributed by atoms with E-state index in [2.05, 4.69) is 10.3 Å². The van der Waals surface area contributed by atoms with Gasteiger partial charge >= 0.3 is 0 Å². The van der Waals surface area contributed by atoms with Crippen molar-refractivity contribution in [2.45, 2.75) is 6.54 Å². The Bertz CT molecular complexity index is 665. The Morgan fingerprint density at radius 2 is 2.00 bits per heavy atom. The number of aromatic nitrogens is 1. The number of amides is 1. The van der Waals surface area contributed by atoms with Gasteiger partial charge in [-0.25, -0.2) is 13.8 Å². The number of hydrogen-bond acceptors (Lipinski definition) is 2. The van der Waals surface area contributed by atoms with E-state index in [4.69, 9.17) is 23.2 Å². The van der Waals surface area contributed by atoms with Gasteiger partial charge in [0.25, 0.3) is 5.91 Å². The fraction of sp³-hybridized carbons (Fsp3) is 0.0769. The van der Waals surface area contributed by atoms with Gasteiger partial charge in [0.15, 0.2) is 0 Å². The van der Waals surface area contributed by atoms with Crippen LogP contribution in [-0.2, 0) is 6.54 Å². The predicted molar refractivity (Wildman–Crippen MR) is 71.8 cm³/mol. The van der Waals surface area contributed by atoms with E-state index in [0.717, 1.165) is 18.2 Å². The van der Waals surface area contributed by atoms with E-state index < -0.39 is 17.5 Å². The van der Waals surface area contributed by atoms with Crippen LogP contribution in [0.2, 0.25) is 10.2 Å². The van der Waals surface area contributed by atoms with Crippen molar-refractivity contribution >= 4 is 29.1 Å². The molecule has 1 N–H and O–H groups in total. The second kappa shape index (κ2) is 6.15. The Morgan fingerprint density at radius 1 is 1.25 bits per heavy atom. The van der Waals surface area contributed by atoms with Crippen LogP contribution < -0.4 is 5.32 Å². The Labute approximate surface area is 123 Å². The molecule has 0 unspecified atom stereocenters. The summed E-state index contributed by atoms with van der Waals surface area (Å²) in [4.78, 5) is 15.5.